The van der Waals surface area contributed by atoms with Gasteiger partial charge in [0.2, 0.25) is 0 Å². The van der Waals surface area contributed by atoms with Crippen LogP contribution in [0.3, 0.4) is 0 Å². The molecule has 4 N–H and O–H groups in total. The molecule has 0 spiro atoms. The molecule has 5 nitrogen and oxygen atoms in total. The second-order valence-electron chi connectivity index (χ2n) is 6.33. The highest BCUT2D eigenvalue weighted by Crippen LogP contribution is 2.23. The van der Waals surface area contributed by atoms with Gasteiger partial charge >= 0.3 is 12.1 Å². The smallest absolute Gasteiger partial charge is 0.361 e. The van der Waals surface area contributed by atoms with Crippen molar-refractivity contribution in [3.63, 3.8) is 0 Å². The second kappa shape index (κ2) is 7.88. The lowest BCUT2D eigenvalue weighted by Gasteiger charge is -2.28. The molecule has 1 heterocycles. The van der Waals surface area contributed by atoms with E-state index in [1.165, 1.54) is 0 Å². The third-order valence-electron chi connectivity index (χ3n) is 3.86. The Labute approximate surface area is 144 Å². The molecule has 2 aromatic rings. The Morgan fingerprint density at radius 2 is 2.04 bits per heavy atom. The number of amides is 1. The van der Waals surface area contributed by atoms with Gasteiger partial charge in [-0.1, -0.05) is 12.1 Å². The molecular weight excluding hydrogens is 333 g/mol. The predicted octanol–water partition coefficient (Wildman–Crippen LogP) is 2.38. The third-order valence-corrected chi connectivity index (χ3v) is 3.86. The number of carbonyl (C=O) groups excluding carboxylic acids is 1. The molecule has 0 aliphatic carbocycles. The van der Waals surface area contributed by atoms with Gasteiger partial charge in [0.25, 0.3) is 0 Å². The number of rotatable bonds is 7. The molecule has 138 valence electrons. The summed E-state index contributed by atoms with van der Waals surface area (Å²) >= 11 is 0. The Morgan fingerprint density at radius 1 is 1.32 bits per heavy atom. The first kappa shape index (κ1) is 19.3. The number of carbonyl (C=O) groups is 1. The number of nitrogens with one attached hydrogen (secondary N) is 2. The standard InChI is InChI=1S/C17H23F3N4O/c1-11(21)8-23-12(2)9-24(16(25)17(18,19)20)10-13-4-3-5-15-14(13)6-7-22-15/h3-7,11-12,22-23H,8-10,21H2,1-2H3/t11-,12-/m0/s1. The van der Waals surface area contributed by atoms with Gasteiger partial charge in [0.05, 0.1) is 0 Å². The van der Waals surface area contributed by atoms with Crippen LogP contribution in [0.25, 0.3) is 10.9 Å². The second-order valence-corrected chi connectivity index (χ2v) is 6.33. The van der Waals surface area contributed by atoms with E-state index < -0.39 is 12.1 Å². The molecule has 1 aromatic carbocycles. The minimum atomic E-state index is -4.91. The molecule has 2 atom stereocenters. The fraction of sp³-hybridized carbons (Fsp3) is 0.471. The van der Waals surface area contributed by atoms with Gasteiger partial charge in [-0.15, -0.1) is 0 Å². The van der Waals surface area contributed by atoms with E-state index in [2.05, 4.69) is 10.3 Å². The van der Waals surface area contributed by atoms with E-state index in [0.717, 1.165) is 15.8 Å². The Morgan fingerprint density at radius 3 is 2.68 bits per heavy atom. The van der Waals surface area contributed by atoms with E-state index in [-0.39, 0.29) is 25.2 Å². The summed E-state index contributed by atoms with van der Waals surface area (Å²) in [5, 5.41) is 3.85. The third kappa shape index (κ3) is 5.20. The molecule has 0 unspecified atom stereocenters. The number of aromatic amines is 1. The number of benzene rings is 1. The topological polar surface area (TPSA) is 74.2 Å². The van der Waals surface area contributed by atoms with Gasteiger partial charge in [-0.3, -0.25) is 4.79 Å². The number of alkyl halides is 3. The van der Waals surface area contributed by atoms with Crippen molar-refractivity contribution in [2.45, 2.75) is 38.7 Å². The maximum atomic E-state index is 13.0. The Bertz CT molecular complexity index is 711. The van der Waals surface area contributed by atoms with Crippen LogP contribution in [0.5, 0.6) is 0 Å². The highest BCUT2D eigenvalue weighted by Gasteiger charge is 2.42. The van der Waals surface area contributed by atoms with Gasteiger partial charge in [-0.2, -0.15) is 13.2 Å². The summed E-state index contributed by atoms with van der Waals surface area (Å²) in [5.74, 6) is -1.84. The van der Waals surface area contributed by atoms with Crippen molar-refractivity contribution in [3.05, 3.63) is 36.0 Å². The Hall–Kier alpha value is -2.06. The van der Waals surface area contributed by atoms with Crippen molar-refractivity contribution < 1.29 is 18.0 Å². The molecular formula is C17H23F3N4O. The highest BCUT2D eigenvalue weighted by molar-refractivity contribution is 5.85. The lowest BCUT2D eigenvalue weighted by molar-refractivity contribution is -0.186. The minimum Gasteiger partial charge on any atom is -0.361 e. The molecule has 0 saturated heterocycles. The molecule has 0 bridgehead atoms. The molecule has 0 saturated carbocycles. The number of hydrogen-bond donors (Lipinski definition) is 3. The average Bonchev–Trinajstić information content (AvgIpc) is 3.00. The van der Waals surface area contributed by atoms with E-state index in [1.54, 1.807) is 38.2 Å². The fourth-order valence-electron chi connectivity index (χ4n) is 2.67. The van der Waals surface area contributed by atoms with Crippen molar-refractivity contribution in [1.29, 1.82) is 0 Å². The lowest BCUT2D eigenvalue weighted by atomic mass is 10.1. The molecule has 1 aromatic heterocycles. The van der Waals surface area contributed by atoms with Crippen LogP contribution in [0, 0.1) is 0 Å². The van der Waals surface area contributed by atoms with E-state index >= 15 is 0 Å². The summed E-state index contributed by atoms with van der Waals surface area (Å²) in [7, 11) is 0. The molecule has 0 radical (unpaired) electrons. The summed E-state index contributed by atoms with van der Waals surface area (Å²) in [6, 6.07) is 6.67. The first-order chi connectivity index (χ1) is 11.7. The van der Waals surface area contributed by atoms with Crippen LogP contribution in [-0.4, -0.2) is 47.1 Å². The van der Waals surface area contributed by atoms with E-state index in [9.17, 15) is 18.0 Å². The van der Waals surface area contributed by atoms with Crippen LogP contribution in [0.4, 0.5) is 13.2 Å². The van der Waals surface area contributed by atoms with Crippen LogP contribution < -0.4 is 11.1 Å². The van der Waals surface area contributed by atoms with Gasteiger partial charge in [0, 0.05) is 48.8 Å². The number of H-pyrrole nitrogens is 1. The van der Waals surface area contributed by atoms with Crippen LogP contribution in [0.15, 0.2) is 30.5 Å². The molecule has 8 heteroatoms. The van der Waals surface area contributed by atoms with Gasteiger partial charge in [-0.25, -0.2) is 0 Å². The molecule has 0 aliphatic rings. The van der Waals surface area contributed by atoms with Crippen LogP contribution in [-0.2, 0) is 11.3 Å². The van der Waals surface area contributed by atoms with Gasteiger partial charge in [-0.05, 0) is 31.5 Å². The SMILES string of the molecule is C[C@H](N)CN[C@@H](C)CN(Cc1cccc2[nH]ccc12)C(=O)C(F)(F)F. The molecule has 1 amide bonds. The molecule has 0 fully saturated rings. The number of nitrogens with zero attached hydrogens (tertiary/aromatic N) is 1. The fourth-order valence-corrected chi connectivity index (χ4v) is 2.67. The first-order valence-corrected chi connectivity index (χ1v) is 8.08. The van der Waals surface area contributed by atoms with Gasteiger partial charge < -0.3 is 20.9 Å². The van der Waals surface area contributed by atoms with Gasteiger partial charge in [0.15, 0.2) is 0 Å². The summed E-state index contributed by atoms with van der Waals surface area (Å²) in [6.45, 7) is 3.81. The number of nitrogens with two attached hydrogens (primary N) is 1. The Balaban J connectivity index is 2.19. The normalized spacial score (nSPS) is 14.5. The predicted molar refractivity (Wildman–Crippen MR) is 90.9 cm³/mol. The summed E-state index contributed by atoms with van der Waals surface area (Å²) in [5.41, 5.74) is 7.13. The van der Waals surface area contributed by atoms with Crippen molar-refractivity contribution in [3.8, 4) is 0 Å². The number of hydrogen-bond acceptors (Lipinski definition) is 3. The molecule has 25 heavy (non-hydrogen) atoms. The maximum absolute atomic E-state index is 13.0. The quantitative estimate of drug-likeness (QED) is 0.713. The molecule has 2 rings (SSSR count). The first-order valence-electron chi connectivity index (χ1n) is 8.08. The maximum Gasteiger partial charge on any atom is 0.471 e. The average molecular weight is 356 g/mol. The van der Waals surface area contributed by atoms with E-state index in [0.29, 0.717) is 12.1 Å². The van der Waals surface area contributed by atoms with Crippen molar-refractivity contribution >= 4 is 16.8 Å². The van der Waals surface area contributed by atoms with Crippen molar-refractivity contribution in [2.24, 2.45) is 5.73 Å². The zero-order valence-electron chi connectivity index (χ0n) is 14.2. The highest BCUT2D eigenvalue weighted by atomic mass is 19.4. The zero-order valence-corrected chi connectivity index (χ0v) is 14.2. The largest absolute Gasteiger partial charge is 0.471 e. The number of aromatic nitrogens is 1. The Kier molecular flexibility index (Phi) is 6.07. The van der Waals surface area contributed by atoms with Gasteiger partial charge in [0.1, 0.15) is 0 Å². The van der Waals surface area contributed by atoms with Crippen molar-refractivity contribution in [1.82, 2.24) is 15.2 Å². The van der Waals surface area contributed by atoms with E-state index in [4.69, 9.17) is 5.73 Å². The summed E-state index contributed by atoms with van der Waals surface area (Å²) in [6.07, 6.45) is -3.19. The van der Waals surface area contributed by atoms with E-state index in [1.807, 2.05) is 6.07 Å². The summed E-state index contributed by atoms with van der Waals surface area (Å²) < 4.78 is 38.9. The monoisotopic (exact) mass is 356 g/mol. The summed E-state index contributed by atoms with van der Waals surface area (Å²) in [4.78, 5) is 15.7. The number of fused-ring (bicyclic) bond motifs is 1. The minimum absolute atomic E-state index is 0.0636. The number of halogens is 3. The van der Waals surface area contributed by atoms with Crippen LogP contribution in [0.2, 0.25) is 0 Å². The van der Waals surface area contributed by atoms with Crippen LogP contribution >= 0.6 is 0 Å². The lowest BCUT2D eigenvalue weighted by Crippen LogP contribution is -2.48. The molecule has 0 aliphatic heterocycles. The van der Waals surface area contributed by atoms with Crippen molar-refractivity contribution in [2.75, 3.05) is 13.1 Å². The van der Waals surface area contributed by atoms with Crippen LogP contribution in [0.1, 0.15) is 19.4 Å². The zero-order chi connectivity index (χ0) is 18.6.